The summed E-state index contributed by atoms with van der Waals surface area (Å²) < 4.78 is 17.6. The van der Waals surface area contributed by atoms with Crippen molar-refractivity contribution in [1.82, 2.24) is 19.5 Å². The van der Waals surface area contributed by atoms with Gasteiger partial charge in [-0.25, -0.2) is 9.97 Å². The summed E-state index contributed by atoms with van der Waals surface area (Å²) in [6, 6.07) is 5.51. The third kappa shape index (κ3) is 1.65. The maximum Gasteiger partial charge on any atom is 0.245 e. The summed E-state index contributed by atoms with van der Waals surface area (Å²) in [4.78, 5) is 12.5. The van der Waals surface area contributed by atoms with Gasteiger partial charge in [0.1, 0.15) is 6.33 Å². The number of anilines is 1. The van der Waals surface area contributed by atoms with E-state index in [1.54, 1.807) is 4.57 Å². The number of nitrogens with zero attached hydrogens (tertiary/aromatic N) is 4. The molecule has 1 aliphatic rings. The molecular formula is C13H11N5O3. The minimum Gasteiger partial charge on any atom is -0.479 e. The van der Waals surface area contributed by atoms with E-state index in [1.165, 1.54) is 13.4 Å². The van der Waals surface area contributed by atoms with Gasteiger partial charge in [-0.15, -0.1) is 0 Å². The summed E-state index contributed by atoms with van der Waals surface area (Å²) in [6.07, 6.45) is 1.41. The van der Waals surface area contributed by atoms with Crippen LogP contribution >= 0.6 is 0 Å². The van der Waals surface area contributed by atoms with E-state index in [0.29, 0.717) is 34.5 Å². The van der Waals surface area contributed by atoms with Crippen molar-refractivity contribution in [3.63, 3.8) is 0 Å². The van der Waals surface area contributed by atoms with Gasteiger partial charge in [0.2, 0.25) is 18.6 Å². The van der Waals surface area contributed by atoms with Crippen molar-refractivity contribution in [1.29, 1.82) is 0 Å². The summed E-state index contributed by atoms with van der Waals surface area (Å²) in [5, 5.41) is 0. The van der Waals surface area contributed by atoms with Gasteiger partial charge in [-0.1, -0.05) is 0 Å². The Morgan fingerprint density at radius 1 is 1.24 bits per heavy atom. The topological polar surface area (TPSA) is 97.3 Å². The van der Waals surface area contributed by atoms with Crippen LogP contribution in [0.2, 0.25) is 0 Å². The lowest BCUT2D eigenvalue weighted by molar-refractivity contribution is 0.174. The minimum absolute atomic E-state index is 0.217. The van der Waals surface area contributed by atoms with Gasteiger partial charge in [0.15, 0.2) is 22.7 Å². The van der Waals surface area contributed by atoms with E-state index in [2.05, 4.69) is 15.0 Å². The molecule has 0 unspecified atom stereocenters. The molecule has 0 fully saturated rings. The normalized spacial score (nSPS) is 12.8. The molecule has 4 rings (SSSR count). The number of hydrogen-bond donors (Lipinski definition) is 1. The van der Waals surface area contributed by atoms with Crippen LogP contribution in [-0.4, -0.2) is 33.4 Å². The Labute approximate surface area is 119 Å². The van der Waals surface area contributed by atoms with Gasteiger partial charge < -0.3 is 19.9 Å². The molecule has 106 valence electrons. The molecule has 0 bridgehead atoms. The van der Waals surface area contributed by atoms with E-state index in [-0.39, 0.29) is 6.79 Å². The number of fused-ring (bicyclic) bond motifs is 2. The van der Waals surface area contributed by atoms with Crippen LogP contribution in [-0.2, 0) is 0 Å². The Balaban J connectivity index is 1.96. The Bertz CT molecular complexity index is 845. The molecule has 0 radical (unpaired) electrons. The summed E-state index contributed by atoms with van der Waals surface area (Å²) in [6.45, 7) is 0.217. The molecule has 8 heteroatoms. The van der Waals surface area contributed by atoms with Crippen LogP contribution in [0, 0.1) is 0 Å². The van der Waals surface area contributed by atoms with Gasteiger partial charge in [0.25, 0.3) is 0 Å². The number of benzene rings is 1. The molecule has 0 amide bonds. The third-order valence-corrected chi connectivity index (χ3v) is 3.24. The van der Waals surface area contributed by atoms with E-state index >= 15 is 0 Å². The van der Waals surface area contributed by atoms with Crippen molar-refractivity contribution >= 4 is 17.1 Å². The van der Waals surface area contributed by atoms with Crippen LogP contribution < -0.4 is 19.9 Å². The van der Waals surface area contributed by atoms with E-state index in [0.717, 1.165) is 5.69 Å². The second kappa shape index (κ2) is 4.23. The fourth-order valence-corrected chi connectivity index (χ4v) is 2.32. The highest BCUT2D eigenvalue weighted by Crippen LogP contribution is 2.35. The molecule has 2 N–H and O–H groups in total. The van der Waals surface area contributed by atoms with Crippen molar-refractivity contribution in [2.75, 3.05) is 19.6 Å². The average molecular weight is 285 g/mol. The van der Waals surface area contributed by atoms with Gasteiger partial charge in [-0.2, -0.15) is 4.98 Å². The molecule has 1 aromatic carbocycles. The molecule has 0 saturated carbocycles. The van der Waals surface area contributed by atoms with E-state index in [4.69, 9.17) is 19.9 Å². The molecule has 0 aliphatic carbocycles. The lowest BCUT2D eigenvalue weighted by atomic mass is 10.2. The number of nitrogens with two attached hydrogens (primary N) is 1. The molecule has 0 saturated heterocycles. The highest BCUT2D eigenvalue weighted by molar-refractivity contribution is 5.81. The van der Waals surface area contributed by atoms with E-state index in [1.807, 2.05) is 18.2 Å². The number of methoxy groups -OCH3 is 1. The third-order valence-electron chi connectivity index (χ3n) is 3.24. The highest BCUT2D eigenvalue weighted by Gasteiger charge is 2.19. The predicted octanol–water partition coefficient (Wildman–Crippen LogP) is 1.14. The van der Waals surface area contributed by atoms with Crippen molar-refractivity contribution in [3.05, 3.63) is 24.5 Å². The maximum atomic E-state index is 6.01. The van der Waals surface area contributed by atoms with Crippen LogP contribution in [0.3, 0.4) is 0 Å². The van der Waals surface area contributed by atoms with Gasteiger partial charge >= 0.3 is 0 Å². The van der Waals surface area contributed by atoms with Crippen LogP contribution in [0.15, 0.2) is 24.5 Å². The molecule has 3 aromatic rings. The maximum absolute atomic E-state index is 6.01. The Morgan fingerprint density at radius 3 is 2.95 bits per heavy atom. The van der Waals surface area contributed by atoms with Crippen LogP contribution in [0.5, 0.6) is 17.4 Å². The lowest BCUT2D eigenvalue weighted by Crippen LogP contribution is -2.01. The largest absolute Gasteiger partial charge is 0.479 e. The molecule has 3 heterocycles. The monoisotopic (exact) mass is 285 g/mol. The number of rotatable bonds is 2. The summed E-state index contributed by atoms with van der Waals surface area (Å²) >= 11 is 0. The zero-order valence-corrected chi connectivity index (χ0v) is 11.1. The predicted molar refractivity (Wildman–Crippen MR) is 73.7 cm³/mol. The van der Waals surface area contributed by atoms with Crippen molar-refractivity contribution in [2.24, 2.45) is 0 Å². The number of ether oxygens (including phenoxy) is 3. The van der Waals surface area contributed by atoms with E-state index in [9.17, 15) is 0 Å². The fraction of sp³-hybridized carbons (Fsp3) is 0.154. The summed E-state index contributed by atoms with van der Waals surface area (Å²) in [7, 11) is 1.53. The van der Waals surface area contributed by atoms with Gasteiger partial charge in [-0.05, 0) is 12.1 Å². The first-order valence-corrected chi connectivity index (χ1v) is 6.21. The molecule has 8 nitrogen and oxygen atoms in total. The van der Waals surface area contributed by atoms with Crippen molar-refractivity contribution in [3.8, 4) is 23.1 Å². The second-order valence-corrected chi connectivity index (χ2v) is 4.40. The molecule has 1 aliphatic heterocycles. The molecule has 2 aromatic heterocycles. The number of aromatic nitrogens is 4. The zero-order chi connectivity index (χ0) is 14.4. The minimum atomic E-state index is 0.217. The Hall–Kier alpha value is -3.03. The Kier molecular flexibility index (Phi) is 2.37. The first-order valence-electron chi connectivity index (χ1n) is 6.21. The second-order valence-electron chi connectivity index (χ2n) is 4.40. The number of hydrogen-bond acceptors (Lipinski definition) is 7. The quantitative estimate of drug-likeness (QED) is 0.753. The fourth-order valence-electron chi connectivity index (χ4n) is 2.32. The number of nitrogen functional groups attached to an aromatic ring is 1. The number of imidazole rings is 1. The molecule has 0 spiro atoms. The van der Waals surface area contributed by atoms with Crippen LogP contribution in [0.25, 0.3) is 16.9 Å². The SMILES string of the molecule is COc1ncnc2c1nc(N)n2-c1ccc2c(c1)OCO2. The lowest BCUT2D eigenvalue weighted by Gasteiger charge is -2.06. The summed E-state index contributed by atoms with van der Waals surface area (Å²) in [5.41, 5.74) is 7.87. The van der Waals surface area contributed by atoms with Crippen molar-refractivity contribution < 1.29 is 14.2 Å². The van der Waals surface area contributed by atoms with Crippen LogP contribution in [0.1, 0.15) is 0 Å². The first-order chi connectivity index (χ1) is 10.3. The van der Waals surface area contributed by atoms with Gasteiger partial charge in [-0.3, -0.25) is 4.57 Å². The average Bonchev–Trinajstić information content (AvgIpc) is 3.08. The van der Waals surface area contributed by atoms with E-state index < -0.39 is 0 Å². The molecule has 21 heavy (non-hydrogen) atoms. The molecule has 0 atom stereocenters. The van der Waals surface area contributed by atoms with Crippen LogP contribution in [0.4, 0.5) is 5.95 Å². The van der Waals surface area contributed by atoms with Crippen molar-refractivity contribution in [2.45, 2.75) is 0 Å². The summed E-state index contributed by atoms with van der Waals surface area (Å²) in [5.74, 6) is 2.04. The first kappa shape index (κ1) is 11.8. The zero-order valence-electron chi connectivity index (χ0n) is 11.1. The highest BCUT2D eigenvalue weighted by atomic mass is 16.7. The van der Waals surface area contributed by atoms with Gasteiger partial charge in [0, 0.05) is 6.07 Å². The van der Waals surface area contributed by atoms with Gasteiger partial charge in [0.05, 0.1) is 12.8 Å². The standard InChI is InChI=1S/C13H11N5O3/c1-19-12-10-11(15-5-16-12)18(13(14)17-10)7-2-3-8-9(4-7)21-6-20-8/h2-5H,6H2,1H3,(H2,14,17). The Morgan fingerprint density at radius 2 is 2.10 bits per heavy atom. The smallest absolute Gasteiger partial charge is 0.245 e. The molecular weight excluding hydrogens is 274 g/mol.